The predicted molar refractivity (Wildman–Crippen MR) is 110 cm³/mol. The van der Waals surface area contributed by atoms with Crippen molar-refractivity contribution in [2.75, 3.05) is 6.61 Å². The molecule has 1 fully saturated rings. The van der Waals surface area contributed by atoms with Gasteiger partial charge in [0.2, 0.25) is 0 Å². The minimum absolute atomic E-state index is 0.0758. The van der Waals surface area contributed by atoms with Crippen LogP contribution in [0.25, 0.3) is 11.3 Å². The summed E-state index contributed by atoms with van der Waals surface area (Å²) in [5, 5.41) is 38.8. The van der Waals surface area contributed by atoms with Crippen molar-refractivity contribution in [2.45, 2.75) is 34.7 Å². The third-order valence-corrected chi connectivity index (χ3v) is 7.00. The summed E-state index contributed by atoms with van der Waals surface area (Å²) in [5.74, 6) is -4.49. The van der Waals surface area contributed by atoms with Crippen molar-refractivity contribution in [3.63, 3.8) is 0 Å². The monoisotopic (exact) mass is 548 g/mol. The Bertz CT molecular complexity index is 1180. The smallest absolute Gasteiger partial charge is 0.194 e. The summed E-state index contributed by atoms with van der Waals surface area (Å²) >= 11 is 3.21. The van der Waals surface area contributed by atoms with Gasteiger partial charge in [0, 0.05) is 22.4 Å². The topological polar surface area (TPSA) is 131 Å². The molecule has 0 amide bonds. The lowest BCUT2D eigenvalue weighted by Crippen LogP contribution is -2.57. The summed E-state index contributed by atoms with van der Waals surface area (Å²) in [7, 11) is -1.97. The molecule has 176 valence electrons. The predicted octanol–water partition coefficient (Wildman–Crippen LogP) is 1.31. The van der Waals surface area contributed by atoms with Crippen LogP contribution < -0.4 is 0 Å². The second-order valence-corrected chi connectivity index (χ2v) is 9.62. The molecule has 0 bridgehead atoms. The van der Waals surface area contributed by atoms with Crippen LogP contribution in [0.15, 0.2) is 46.2 Å². The summed E-state index contributed by atoms with van der Waals surface area (Å²) in [4.78, 5) is 4.14. The van der Waals surface area contributed by atoms with Gasteiger partial charge in [-0.1, -0.05) is 5.21 Å². The van der Waals surface area contributed by atoms with Gasteiger partial charge in [0.25, 0.3) is 0 Å². The summed E-state index contributed by atoms with van der Waals surface area (Å²) in [6.45, 7) is -0.662. The van der Waals surface area contributed by atoms with E-state index in [1.165, 1.54) is 24.7 Å². The number of nitrogens with zero attached hydrogens (tertiary/aromatic N) is 4. The highest BCUT2D eigenvalue weighted by Gasteiger charge is 2.48. The van der Waals surface area contributed by atoms with Gasteiger partial charge in [0.15, 0.2) is 22.9 Å². The van der Waals surface area contributed by atoms with Crippen LogP contribution in [-0.2, 0) is 15.5 Å². The molecule has 2 aromatic heterocycles. The van der Waals surface area contributed by atoms with Gasteiger partial charge in [-0.3, -0.25) is 9.19 Å². The maximum Gasteiger partial charge on any atom is 0.194 e. The number of hydrogen-bond acceptors (Lipinski definition) is 8. The van der Waals surface area contributed by atoms with E-state index in [0.29, 0.717) is 4.47 Å². The number of aliphatic hydroxyl groups excluding tert-OH is 3. The van der Waals surface area contributed by atoms with Crippen molar-refractivity contribution >= 4 is 26.7 Å². The molecule has 0 aliphatic carbocycles. The van der Waals surface area contributed by atoms with Crippen LogP contribution in [0.4, 0.5) is 13.2 Å². The molecule has 0 radical (unpaired) electrons. The fourth-order valence-corrected chi connectivity index (χ4v) is 5.30. The highest BCUT2D eigenvalue weighted by Crippen LogP contribution is 2.34. The third-order valence-electron chi connectivity index (χ3n) is 5.07. The highest BCUT2D eigenvalue weighted by atomic mass is 79.9. The van der Waals surface area contributed by atoms with E-state index < -0.39 is 64.6 Å². The Morgan fingerprint density at radius 2 is 1.82 bits per heavy atom. The van der Waals surface area contributed by atoms with Crippen LogP contribution in [0.5, 0.6) is 0 Å². The largest absolute Gasteiger partial charge is 0.394 e. The summed E-state index contributed by atoms with van der Waals surface area (Å²) < 4.78 is 60.6. The molecule has 14 heteroatoms. The first-order chi connectivity index (χ1) is 15.7. The average Bonchev–Trinajstić information content (AvgIpc) is 3.27. The minimum Gasteiger partial charge on any atom is -0.394 e. The van der Waals surface area contributed by atoms with E-state index in [1.54, 1.807) is 0 Å². The van der Waals surface area contributed by atoms with Crippen LogP contribution in [-0.4, -0.2) is 69.9 Å². The summed E-state index contributed by atoms with van der Waals surface area (Å²) in [6, 6.07) is 1.66. The zero-order valence-corrected chi connectivity index (χ0v) is 18.8. The van der Waals surface area contributed by atoms with E-state index in [1.807, 2.05) is 0 Å². The Balaban J connectivity index is 1.68. The maximum atomic E-state index is 13.6. The van der Waals surface area contributed by atoms with Gasteiger partial charge in [-0.2, -0.15) is 0 Å². The summed E-state index contributed by atoms with van der Waals surface area (Å²) in [6.07, 6.45) is -0.380. The fraction of sp³-hybridized carbons (Fsp3) is 0.316. The van der Waals surface area contributed by atoms with Crippen molar-refractivity contribution < 1.29 is 37.4 Å². The Morgan fingerprint density at radius 3 is 2.45 bits per heavy atom. The number of pyridine rings is 1. The first-order valence-electron chi connectivity index (χ1n) is 9.41. The van der Waals surface area contributed by atoms with Gasteiger partial charge in [0.05, 0.1) is 28.5 Å². The molecule has 3 unspecified atom stereocenters. The molecular weight excluding hydrogens is 533 g/mol. The molecule has 4 rings (SSSR count). The van der Waals surface area contributed by atoms with Gasteiger partial charge in [-0.25, -0.2) is 17.9 Å². The van der Waals surface area contributed by atoms with E-state index >= 15 is 0 Å². The number of aromatic nitrogens is 4. The minimum atomic E-state index is -1.97. The fourth-order valence-electron chi connectivity index (χ4n) is 3.45. The van der Waals surface area contributed by atoms with E-state index in [-0.39, 0.29) is 16.2 Å². The normalized spacial score (nSPS) is 26.3. The molecule has 1 aromatic carbocycles. The Morgan fingerprint density at radius 1 is 1.12 bits per heavy atom. The highest BCUT2D eigenvalue weighted by molar-refractivity contribution is 9.10. The molecule has 3 N–H and O–H groups in total. The number of rotatable bonds is 5. The van der Waals surface area contributed by atoms with E-state index in [4.69, 9.17) is 4.74 Å². The number of benzene rings is 1. The molecule has 6 atom stereocenters. The second-order valence-electron chi connectivity index (χ2n) is 7.17. The van der Waals surface area contributed by atoms with Gasteiger partial charge in [-0.15, -0.1) is 5.10 Å². The molecule has 1 aliphatic heterocycles. The van der Waals surface area contributed by atoms with Gasteiger partial charge in [-0.05, 0) is 34.1 Å². The molecule has 3 aromatic rings. The van der Waals surface area contributed by atoms with Crippen molar-refractivity contribution in [1.29, 1.82) is 0 Å². The van der Waals surface area contributed by atoms with Gasteiger partial charge >= 0.3 is 0 Å². The number of hydrogen-bond donors (Lipinski definition) is 3. The van der Waals surface area contributed by atoms with Crippen LogP contribution in [0.3, 0.4) is 0 Å². The number of aliphatic hydroxyl groups is 3. The summed E-state index contributed by atoms with van der Waals surface area (Å²) in [5.41, 5.74) is -1.60. The van der Waals surface area contributed by atoms with Crippen LogP contribution in [0, 0.1) is 17.5 Å². The van der Waals surface area contributed by atoms with Gasteiger partial charge < -0.3 is 20.1 Å². The quantitative estimate of drug-likeness (QED) is 0.407. The molecule has 0 saturated carbocycles. The second kappa shape index (κ2) is 9.56. The zero-order chi connectivity index (χ0) is 23.9. The van der Waals surface area contributed by atoms with Crippen LogP contribution in [0.1, 0.15) is 6.04 Å². The molecular formula is C19H16BrF3N4O5S. The third kappa shape index (κ3) is 4.58. The lowest BCUT2D eigenvalue weighted by molar-refractivity contribution is -0.179. The standard InChI is InChI=1S/C19H16BrF3N4O5S/c20-9-3-10(5-24-4-9)33(31)19-18(30)16(17(29)14(7-28)32-19)27-6-13(25-26-27)8-1-11(21)15(23)12(22)2-8/h1-6,14,16-19,28-30H,7H2/t14?,16-,17-,18?,19-,33?/m0/s1. The first kappa shape index (κ1) is 23.9. The Kier molecular flexibility index (Phi) is 6.93. The van der Waals surface area contributed by atoms with Crippen LogP contribution in [0.2, 0.25) is 0 Å². The molecule has 1 aliphatic rings. The van der Waals surface area contributed by atoms with E-state index in [0.717, 1.165) is 16.8 Å². The zero-order valence-electron chi connectivity index (χ0n) is 16.4. The van der Waals surface area contributed by atoms with E-state index in [2.05, 4.69) is 31.2 Å². The molecule has 1 saturated heterocycles. The Hall–Kier alpha value is -2.23. The molecule has 9 nitrogen and oxygen atoms in total. The van der Waals surface area contributed by atoms with Crippen LogP contribution >= 0.6 is 15.9 Å². The van der Waals surface area contributed by atoms with E-state index in [9.17, 15) is 32.7 Å². The lowest BCUT2D eigenvalue weighted by Gasteiger charge is -2.41. The maximum absolute atomic E-state index is 13.6. The number of halogens is 4. The average molecular weight is 549 g/mol. The van der Waals surface area contributed by atoms with Crippen molar-refractivity contribution in [1.82, 2.24) is 20.0 Å². The SMILES string of the molecule is O=S(c1cncc(Br)c1)[C@@H]1OC(CO)[C@H](O)[C@H](n2cc(-c3cc(F)c(F)c(F)c3)nn2)C1O. The molecule has 3 heterocycles. The number of ether oxygens (including phenoxy) is 1. The molecule has 33 heavy (non-hydrogen) atoms. The Labute approximate surface area is 195 Å². The first-order valence-corrected chi connectivity index (χ1v) is 11.4. The molecule has 0 spiro atoms. The van der Waals surface area contributed by atoms with Crippen molar-refractivity contribution in [2.24, 2.45) is 0 Å². The van der Waals surface area contributed by atoms with Crippen molar-refractivity contribution in [3.05, 3.63) is 58.7 Å². The van der Waals surface area contributed by atoms with Crippen molar-refractivity contribution in [3.8, 4) is 11.3 Å². The lowest BCUT2D eigenvalue weighted by atomic mass is 9.97. The van der Waals surface area contributed by atoms with Gasteiger partial charge in [0.1, 0.15) is 30.0 Å².